The molecule has 1 aliphatic heterocycles. The fourth-order valence-corrected chi connectivity index (χ4v) is 4.83. The van der Waals surface area contributed by atoms with E-state index in [1.54, 1.807) is 31.4 Å². The van der Waals surface area contributed by atoms with Gasteiger partial charge in [0, 0.05) is 11.6 Å². The van der Waals surface area contributed by atoms with E-state index in [2.05, 4.69) is 11.0 Å². The van der Waals surface area contributed by atoms with Gasteiger partial charge < -0.3 is 4.74 Å². The molecule has 150 valence electrons. The maximum Gasteiger partial charge on any atom is 0.284 e. The van der Waals surface area contributed by atoms with E-state index in [1.807, 2.05) is 6.07 Å². The summed E-state index contributed by atoms with van der Waals surface area (Å²) in [4.78, 5) is 14.4. The van der Waals surface area contributed by atoms with Crippen LogP contribution in [0, 0.1) is 0 Å². The number of amidine groups is 1. The Kier molecular flexibility index (Phi) is 6.46. The molecule has 29 heavy (non-hydrogen) atoms. The molecule has 1 amide bonds. The van der Waals surface area contributed by atoms with E-state index in [0.717, 1.165) is 17.3 Å². The largest absolute Gasteiger partial charge is 0.497 e. The van der Waals surface area contributed by atoms with Crippen LogP contribution < -0.4 is 4.74 Å². The highest BCUT2D eigenvalue weighted by atomic mass is 35.5. The van der Waals surface area contributed by atoms with Crippen LogP contribution in [0.5, 0.6) is 5.75 Å². The molecular formula is C20H17ClN2O4S2. The van der Waals surface area contributed by atoms with Crippen molar-refractivity contribution in [2.45, 2.75) is 4.90 Å². The highest BCUT2D eigenvalue weighted by molar-refractivity contribution is 8.19. The Morgan fingerprint density at radius 3 is 2.62 bits per heavy atom. The van der Waals surface area contributed by atoms with Crippen molar-refractivity contribution in [3.05, 3.63) is 76.7 Å². The molecule has 1 saturated heterocycles. The third-order valence-electron chi connectivity index (χ3n) is 3.90. The second-order valence-electron chi connectivity index (χ2n) is 5.89. The third kappa shape index (κ3) is 4.90. The zero-order chi connectivity index (χ0) is 21.0. The lowest BCUT2D eigenvalue weighted by Gasteiger charge is -2.12. The van der Waals surface area contributed by atoms with Gasteiger partial charge in [-0.25, -0.2) is 0 Å². The van der Waals surface area contributed by atoms with E-state index in [4.69, 9.17) is 16.3 Å². The minimum absolute atomic E-state index is 0.00812. The van der Waals surface area contributed by atoms with Crippen LogP contribution >= 0.6 is 23.4 Å². The first-order chi connectivity index (χ1) is 13.8. The van der Waals surface area contributed by atoms with Crippen molar-refractivity contribution in [2.24, 2.45) is 4.40 Å². The molecule has 9 heteroatoms. The average molecular weight is 449 g/mol. The van der Waals surface area contributed by atoms with Crippen LogP contribution in [0.1, 0.15) is 5.56 Å². The second-order valence-corrected chi connectivity index (χ2v) is 8.94. The SMILES string of the molecule is C=CCN1C(=O)C(=Cc2cccc(OC)c2)SC1=NS(=O)(=O)c1ccc(Cl)cc1. The topological polar surface area (TPSA) is 76.0 Å². The number of halogens is 1. The number of sulfonamides is 1. The van der Waals surface area contributed by atoms with Gasteiger partial charge in [-0.2, -0.15) is 8.42 Å². The predicted molar refractivity (Wildman–Crippen MR) is 117 cm³/mol. The molecule has 6 nitrogen and oxygen atoms in total. The van der Waals surface area contributed by atoms with E-state index in [1.165, 1.54) is 35.2 Å². The van der Waals surface area contributed by atoms with Gasteiger partial charge in [-0.15, -0.1) is 11.0 Å². The fraction of sp³-hybridized carbons (Fsp3) is 0.100. The first-order valence-electron chi connectivity index (χ1n) is 8.41. The molecule has 0 unspecified atom stereocenters. The summed E-state index contributed by atoms with van der Waals surface area (Å²) in [5, 5.41) is 0.484. The van der Waals surface area contributed by atoms with Gasteiger partial charge in [0.15, 0.2) is 5.17 Å². The Bertz CT molecular complexity index is 1110. The summed E-state index contributed by atoms with van der Waals surface area (Å²) in [7, 11) is -2.45. The minimum Gasteiger partial charge on any atom is -0.497 e. The quantitative estimate of drug-likeness (QED) is 0.489. The van der Waals surface area contributed by atoms with Gasteiger partial charge in [0.05, 0.1) is 16.9 Å². The zero-order valence-corrected chi connectivity index (χ0v) is 17.8. The average Bonchev–Trinajstić information content (AvgIpc) is 2.97. The number of hydrogen-bond acceptors (Lipinski definition) is 5. The molecule has 1 fully saturated rings. The van der Waals surface area contributed by atoms with E-state index in [0.29, 0.717) is 15.7 Å². The summed E-state index contributed by atoms with van der Waals surface area (Å²) in [6, 6.07) is 12.9. The monoisotopic (exact) mass is 448 g/mol. The van der Waals surface area contributed by atoms with Crippen molar-refractivity contribution in [1.82, 2.24) is 4.90 Å². The highest BCUT2D eigenvalue weighted by Gasteiger charge is 2.34. The van der Waals surface area contributed by atoms with Crippen LogP contribution in [-0.4, -0.2) is 38.0 Å². The molecule has 3 rings (SSSR count). The van der Waals surface area contributed by atoms with Gasteiger partial charge in [-0.05, 0) is 59.8 Å². The Morgan fingerprint density at radius 2 is 1.97 bits per heavy atom. The van der Waals surface area contributed by atoms with Crippen LogP contribution in [0.3, 0.4) is 0 Å². The maximum atomic E-state index is 12.8. The molecule has 1 aliphatic rings. The highest BCUT2D eigenvalue weighted by Crippen LogP contribution is 2.34. The molecule has 2 aromatic carbocycles. The standard InChI is InChI=1S/C20H17ClN2O4S2/c1-3-11-23-19(24)18(13-14-5-4-6-16(12-14)27-2)28-20(23)22-29(25,26)17-9-7-15(21)8-10-17/h3-10,12-13H,1,11H2,2H3. The van der Waals surface area contributed by atoms with Crippen LogP contribution in [-0.2, 0) is 14.8 Å². The molecular weight excluding hydrogens is 432 g/mol. The predicted octanol–water partition coefficient (Wildman–Crippen LogP) is 4.20. The van der Waals surface area contributed by atoms with Gasteiger partial charge in [0.25, 0.3) is 15.9 Å². The molecule has 0 aliphatic carbocycles. The number of carbonyl (C=O) groups excluding carboxylic acids is 1. The molecule has 2 aromatic rings. The summed E-state index contributed by atoms with van der Waals surface area (Å²) in [5.41, 5.74) is 0.751. The summed E-state index contributed by atoms with van der Waals surface area (Å²) >= 11 is 6.81. The second kappa shape index (κ2) is 8.86. The molecule has 0 saturated carbocycles. The summed E-state index contributed by atoms with van der Waals surface area (Å²) in [6.45, 7) is 3.77. The number of thioether (sulfide) groups is 1. The van der Waals surface area contributed by atoms with Gasteiger partial charge in [0.2, 0.25) is 0 Å². The van der Waals surface area contributed by atoms with Crippen molar-refractivity contribution in [2.75, 3.05) is 13.7 Å². The number of ether oxygens (including phenoxy) is 1. The van der Waals surface area contributed by atoms with Crippen LogP contribution in [0.4, 0.5) is 0 Å². The normalized spacial score (nSPS) is 17.2. The third-order valence-corrected chi connectivity index (χ3v) is 6.56. The van der Waals surface area contributed by atoms with E-state index in [-0.39, 0.29) is 22.5 Å². The number of methoxy groups -OCH3 is 1. The number of rotatable bonds is 6. The molecule has 1 heterocycles. The lowest BCUT2D eigenvalue weighted by Crippen LogP contribution is -2.29. The van der Waals surface area contributed by atoms with E-state index >= 15 is 0 Å². The van der Waals surface area contributed by atoms with Crippen molar-refractivity contribution < 1.29 is 17.9 Å². The van der Waals surface area contributed by atoms with Crippen LogP contribution in [0.2, 0.25) is 5.02 Å². The molecule has 0 radical (unpaired) electrons. The molecule has 0 spiro atoms. The van der Waals surface area contributed by atoms with Gasteiger partial charge in [0.1, 0.15) is 5.75 Å². The zero-order valence-electron chi connectivity index (χ0n) is 15.4. The van der Waals surface area contributed by atoms with Crippen molar-refractivity contribution in [1.29, 1.82) is 0 Å². The van der Waals surface area contributed by atoms with Gasteiger partial charge >= 0.3 is 0 Å². The molecule has 0 bridgehead atoms. The molecule has 0 N–H and O–H groups in total. The fourth-order valence-electron chi connectivity index (χ4n) is 2.51. The van der Waals surface area contributed by atoms with Gasteiger partial charge in [-0.3, -0.25) is 9.69 Å². The summed E-state index contributed by atoms with van der Waals surface area (Å²) in [6.07, 6.45) is 3.18. The number of nitrogens with zero attached hydrogens (tertiary/aromatic N) is 2. The number of hydrogen-bond donors (Lipinski definition) is 0. The first-order valence-corrected chi connectivity index (χ1v) is 11.0. The molecule has 0 aromatic heterocycles. The Hall–Kier alpha value is -2.55. The smallest absolute Gasteiger partial charge is 0.284 e. The van der Waals surface area contributed by atoms with Crippen molar-refractivity contribution >= 4 is 50.5 Å². The molecule has 0 atom stereocenters. The Morgan fingerprint density at radius 1 is 1.24 bits per heavy atom. The minimum atomic E-state index is -4.01. The van der Waals surface area contributed by atoms with Crippen molar-refractivity contribution in [3.63, 3.8) is 0 Å². The lowest BCUT2D eigenvalue weighted by molar-refractivity contribution is -0.121. The van der Waals surface area contributed by atoms with Gasteiger partial charge in [-0.1, -0.05) is 29.8 Å². The summed E-state index contributed by atoms with van der Waals surface area (Å²) < 4.78 is 34.4. The summed E-state index contributed by atoms with van der Waals surface area (Å²) in [5.74, 6) is 0.305. The maximum absolute atomic E-state index is 12.8. The Labute approximate surface area is 178 Å². The lowest BCUT2D eigenvalue weighted by atomic mass is 10.2. The van der Waals surface area contributed by atoms with Crippen LogP contribution in [0.15, 0.2) is 75.4 Å². The van der Waals surface area contributed by atoms with E-state index in [9.17, 15) is 13.2 Å². The number of amides is 1. The number of benzene rings is 2. The first kappa shape index (κ1) is 21.2. The van der Waals surface area contributed by atoms with Crippen molar-refractivity contribution in [3.8, 4) is 5.75 Å². The van der Waals surface area contributed by atoms with E-state index < -0.39 is 10.0 Å². The van der Waals surface area contributed by atoms with Crippen LogP contribution in [0.25, 0.3) is 6.08 Å². The Balaban J connectivity index is 1.98. The number of carbonyl (C=O) groups is 1.